The molecule has 2 heteroatoms. The fraction of sp³-hybridized carbons (Fsp3) is 0.500. The summed E-state index contributed by atoms with van der Waals surface area (Å²) in [4.78, 5) is 0. The number of rotatable bonds is 5. The summed E-state index contributed by atoms with van der Waals surface area (Å²) in [5.74, 6) is 0.961. The molecule has 76 valence electrons. The molecule has 1 N–H and O–H groups in total. The standard InChI is InChI=1S/C12H17NO/c1-2-7-12(8-3-1)14-10-9-13-11-5-4-6-11/h1-3,7-8,11,13H,4-6,9-10H2. The van der Waals surface area contributed by atoms with Crippen molar-refractivity contribution in [2.24, 2.45) is 0 Å². The second-order valence-corrected chi connectivity index (χ2v) is 3.74. The third-order valence-electron chi connectivity index (χ3n) is 2.65. The maximum absolute atomic E-state index is 5.56. The molecule has 0 radical (unpaired) electrons. The first-order valence-electron chi connectivity index (χ1n) is 5.36. The Hall–Kier alpha value is -1.02. The van der Waals surface area contributed by atoms with Gasteiger partial charge in [-0.25, -0.2) is 0 Å². The Morgan fingerprint density at radius 2 is 2.00 bits per heavy atom. The van der Waals surface area contributed by atoms with Gasteiger partial charge in [-0.05, 0) is 25.0 Å². The van der Waals surface area contributed by atoms with Crippen LogP contribution in [0.25, 0.3) is 0 Å². The van der Waals surface area contributed by atoms with Crippen LogP contribution in [0, 0.1) is 0 Å². The van der Waals surface area contributed by atoms with E-state index in [-0.39, 0.29) is 0 Å². The fourth-order valence-corrected chi connectivity index (χ4v) is 1.56. The Bertz CT molecular complexity index is 256. The fourth-order valence-electron chi connectivity index (χ4n) is 1.56. The topological polar surface area (TPSA) is 21.3 Å². The van der Waals surface area contributed by atoms with Crippen LogP contribution in [0.1, 0.15) is 19.3 Å². The minimum atomic E-state index is 0.759. The van der Waals surface area contributed by atoms with Crippen molar-refractivity contribution >= 4 is 0 Å². The summed E-state index contributed by atoms with van der Waals surface area (Å²) in [6.07, 6.45) is 4.06. The zero-order valence-electron chi connectivity index (χ0n) is 8.41. The summed E-state index contributed by atoms with van der Waals surface area (Å²) in [6.45, 7) is 1.72. The van der Waals surface area contributed by atoms with Crippen LogP contribution in [0.15, 0.2) is 30.3 Å². The Morgan fingerprint density at radius 1 is 1.21 bits per heavy atom. The van der Waals surface area contributed by atoms with Gasteiger partial charge in [0.05, 0.1) is 0 Å². The molecule has 0 amide bonds. The van der Waals surface area contributed by atoms with Crippen LogP contribution in [0.2, 0.25) is 0 Å². The molecule has 0 atom stereocenters. The van der Waals surface area contributed by atoms with Crippen molar-refractivity contribution in [2.45, 2.75) is 25.3 Å². The van der Waals surface area contributed by atoms with Crippen LogP contribution >= 0.6 is 0 Å². The van der Waals surface area contributed by atoms with Gasteiger partial charge in [0.25, 0.3) is 0 Å². The van der Waals surface area contributed by atoms with E-state index in [4.69, 9.17) is 4.74 Å². The molecule has 0 bridgehead atoms. The molecule has 1 fully saturated rings. The Morgan fingerprint density at radius 3 is 2.64 bits per heavy atom. The molecule has 0 aromatic heterocycles. The smallest absolute Gasteiger partial charge is 0.119 e. The van der Waals surface area contributed by atoms with Crippen LogP contribution in [0.4, 0.5) is 0 Å². The van der Waals surface area contributed by atoms with Crippen LogP contribution in [0.3, 0.4) is 0 Å². The minimum Gasteiger partial charge on any atom is -0.492 e. The van der Waals surface area contributed by atoms with Gasteiger partial charge in [-0.15, -0.1) is 0 Å². The quantitative estimate of drug-likeness (QED) is 0.720. The molecule has 0 saturated heterocycles. The monoisotopic (exact) mass is 191 g/mol. The van der Waals surface area contributed by atoms with Crippen LogP contribution in [-0.2, 0) is 0 Å². The summed E-state index contributed by atoms with van der Waals surface area (Å²) in [5.41, 5.74) is 0. The van der Waals surface area contributed by atoms with Crippen LogP contribution in [0.5, 0.6) is 5.75 Å². The number of ether oxygens (including phenoxy) is 1. The summed E-state index contributed by atoms with van der Waals surface area (Å²) in [5, 5.41) is 3.46. The minimum absolute atomic E-state index is 0.759. The average Bonchev–Trinajstić information content (AvgIpc) is 2.16. The van der Waals surface area contributed by atoms with Gasteiger partial charge in [-0.2, -0.15) is 0 Å². The van der Waals surface area contributed by atoms with Gasteiger partial charge in [0.1, 0.15) is 12.4 Å². The highest BCUT2D eigenvalue weighted by Gasteiger charge is 2.15. The number of benzene rings is 1. The predicted octanol–water partition coefficient (Wildman–Crippen LogP) is 2.21. The molecule has 1 saturated carbocycles. The molecular weight excluding hydrogens is 174 g/mol. The number of hydrogen-bond acceptors (Lipinski definition) is 2. The first kappa shape index (κ1) is 9.53. The average molecular weight is 191 g/mol. The highest BCUT2D eigenvalue weighted by molar-refractivity contribution is 5.20. The van der Waals surface area contributed by atoms with E-state index in [0.717, 1.165) is 24.9 Å². The van der Waals surface area contributed by atoms with E-state index >= 15 is 0 Å². The van der Waals surface area contributed by atoms with Gasteiger partial charge >= 0.3 is 0 Å². The van der Waals surface area contributed by atoms with E-state index in [2.05, 4.69) is 5.32 Å². The molecule has 14 heavy (non-hydrogen) atoms. The van der Waals surface area contributed by atoms with E-state index in [1.54, 1.807) is 0 Å². The second kappa shape index (κ2) is 5.01. The number of para-hydroxylation sites is 1. The molecular formula is C12H17NO. The third kappa shape index (κ3) is 2.74. The lowest BCUT2D eigenvalue weighted by atomic mass is 9.93. The lowest BCUT2D eigenvalue weighted by Crippen LogP contribution is -2.37. The third-order valence-corrected chi connectivity index (χ3v) is 2.65. The maximum Gasteiger partial charge on any atom is 0.119 e. The van der Waals surface area contributed by atoms with Gasteiger partial charge in [-0.3, -0.25) is 0 Å². The molecule has 2 nitrogen and oxygen atoms in total. The molecule has 1 aromatic carbocycles. The molecule has 1 aliphatic rings. The first-order valence-corrected chi connectivity index (χ1v) is 5.36. The normalized spacial score (nSPS) is 16.3. The van der Waals surface area contributed by atoms with E-state index in [1.807, 2.05) is 30.3 Å². The van der Waals surface area contributed by atoms with Gasteiger partial charge in [0.2, 0.25) is 0 Å². The highest BCUT2D eigenvalue weighted by Crippen LogP contribution is 2.17. The molecule has 0 aliphatic heterocycles. The predicted molar refractivity (Wildman–Crippen MR) is 57.6 cm³/mol. The van der Waals surface area contributed by atoms with Crippen molar-refractivity contribution in [3.63, 3.8) is 0 Å². The molecule has 2 rings (SSSR count). The van der Waals surface area contributed by atoms with Crippen molar-refractivity contribution in [3.8, 4) is 5.75 Å². The number of hydrogen-bond donors (Lipinski definition) is 1. The van der Waals surface area contributed by atoms with Crippen molar-refractivity contribution < 1.29 is 4.74 Å². The largest absolute Gasteiger partial charge is 0.492 e. The first-order chi connectivity index (χ1) is 6.95. The zero-order chi connectivity index (χ0) is 9.64. The summed E-state index contributed by atoms with van der Waals surface area (Å²) in [6, 6.07) is 10.7. The van der Waals surface area contributed by atoms with Crippen molar-refractivity contribution in [2.75, 3.05) is 13.2 Å². The van der Waals surface area contributed by atoms with E-state index < -0.39 is 0 Å². The van der Waals surface area contributed by atoms with Crippen molar-refractivity contribution in [1.29, 1.82) is 0 Å². The SMILES string of the molecule is c1ccc(OCCNC2CCC2)cc1. The lowest BCUT2D eigenvalue weighted by molar-refractivity contribution is 0.276. The zero-order valence-corrected chi connectivity index (χ0v) is 8.41. The van der Waals surface area contributed by atoms with Crippen LogP contribution in [-0.4, -0.2) is 19.2 Å². The van der Waals surface area contributed by atoms with E-state index in [0.29, 0.717) is 0 Å². The second-order valence-electron chi connectivity index (χ2n) is 3.74. The summed E-state index contributed by atoms with van der Waals surface area (Å²) >= 11 is 0. The Labute approximate surface area is 85.3 Å². The van der Waals surface area contributed by atoms with Gasteiger partial charge in [0, 0.05) is 12.6 Å². The Kier molecular flexibility index (Phi) is 3.41. The van der Waals surface area contributed by atoms with Gasteiger partial charge < -0.3 is 10.1 Å². The number of nitrogens with one attached hydrogen (secondary N) is 1. The van der Waals surface area contributed by atoms with E-state index in [9.17, 15) is 0 Å². The lowest BCUT2D eigenvalue weighted by Gasteiger charge is -2.26. The molecule has 1 aliphatic carbocycles. The highest BCUT2D eigenvalue weighted by atomic mass is 16.5. The summed E-state index contributed by atoms with van der Waals surface area (Å²) < 4.78 is 5.56. The molecule has 0 unspecified atom stereocenters. The summed E-state index contributed by atoms with van der Waals surface area (Å²) in [7, 11) is 0. The maximum atomic E-state index is 5.56. The molecule has 0 heterocycles. The van der Waals surface area contributed by atoms with Crippen molar-refractivity contribution in [1.82, 2.24) is 5.32 Å². The Balaban J connectivity index is 1.58. The molecule has 1 aromatic rings. The van der Waals surface area contributed by atoms with Gasteiger partial charge in [0.15, 0.2) is 0 Å². The van der Waals surface area contributed by atoms with Crippen LogP contribution < -0.4 is 10.1 Å². The van der Waals surface area contributed by atoms with Gasteiger partial charge in [-0.1, -0.05) is 24.6 Å². The van der Waals surface area contributed by atoms with Crippen molar-refractivity contribution in [3.05, 3.63) is 30.3 Å². The molecule has 0 spiro atoms. The van der Waals surface area contributed by atoms with E-state index in [1.165, 1.54) is 19.3 Å².